The molecule has 2 aliphatic rings. The zero-order valence-electron chi connectivity index (χ0n) is 22.6. The Labute approximate surface area is 229 Å². The van der Waals surface area contributed by atoms with Crippen LogP contribution in [0, 0.1) is 11.8 Å². The summed E-state index contributed by atoms with van der Waals surface area (Å²) in [4.78, 5) is 49.6. The number of fused-ring (bicyclic) bond motifs is 3. The second kappa shape index (κ2) is 12.8. The molecule has 0 saturated heterocycles. The maximum absolute atomic E-state index is 13.0. The summed E-state index contributed by atoms with van der Waals surface area (Å²) in [5.74, 6) is -1.17. The number of hydrogen-bond acceptors (Lipinski definition) is 5. The third-order valence-electron chi connectivity index (χ3n) is 7.23. The highest BCUT2D eigenvalue weighted by Gasteiger charge is 2.33. The fraction of sp³-hybridized carbons (Fsp3) is 0.467. The van der Waals surface area contributed by atoms with Crippen LogP contribution in [0.3, 0.4) is 0 Å². The van der Waals surface area contributed by atoms with E-state index in [1.165, 1.54) is 0 Å². The van der Waals surface area contributed by atoms with Gasteiger partial charge in [0.05, 0.1) is 0 Å². The number of carbonyl (C=O) groups excluding carboxylic acids is 4. The molecule has 0 radical (unpaired) electrons. The van der Waals surface area contributed by atoms with Crippen molar-refractivity contribution in [3.63, 3.8) is 0 Å². The Bertz CT molecular complexity index is 1160. The number of alkyl carbamates (subject to hydrolysis) is 1. The van der Waals surface area contributed by atoms with Gasteiger partial charge < -0.3 is 26.4 Å². The zero-order chi connectivity index (χ0) is 27.9. The Kier molecular flexibility index (Phi) is 9.22. The topological polar surface area (TPSA) is 140 Å². The molecule has 5 N–H and O–H groups in total. The molecule has 0 unspecified atom stereocenters. The molecule has 2 atom stereocenters. The molecule has 2 aromatic rings. The summed E-state index contributed by atoms with van der Waals surface area (Å²) in [5, 5.41) is 8.23. The van der Waals surface area contributed by atoms with Crippen LogP contribution in [0.25, 0.3) is 11.1 Å². The van der Waals surface area contributed by atoms with Crippen molar-refractivity contribution in [1.82, 2.24) is 16.0 Å². The highest BCUT2D eigenvalue weighted by Crippen LogP contribution is 2.44. The van der Waals surface area contributed by atoms with E-state index in [4.69, 9.17) is 10.5 Å². The number of amides is 4. The summed E-state index contributed by atoms with van der Waals surface area (Å²) < 4.78 is 5.56. The second-order valence-electron chi connectivity index (χ2n) is 10.8. The fourth-order valence-corrected chi connectivity index (χ4v) is 5.04. The van der Waals surface area contributed by atoms with E-state index in [2.05, 4.69) is 40.2 Å². The molecule has 0 aromatic heterocycles. The highest BCUT2D eigenvalue weighted by atomic mass is 16.5. The third-order valence-corrected chi connectivity index (χ3v) is 7.23. The predicted octanol–water partition coefficient (Wildman–Crippen LogP) is 3.22. The number of benzene rings is 2. The number of primary amides is 1. The van der Waals surface area contributed by atoms with Gasteiger partial charge in [0.15, 0.2) is 0 Å². The Morgan fingerprint density at radius 2 is 1.54 bits per heavy atom. The Hall–Kier alpha value is -3.88. The van der Waals surface area contributed by atoms with Crippen LogP contribution >= 0.6 is 0 Å². The van der Waals surface area contributed by atoms with Gasteiger partial charge in [0, 0.05) is 18.4 Å². The second-order valence-corrected chi connectivity index (χ2v) is 10.8. The normalized spacial score (nSPS) is 15.6. The number of nitrogens with one attached hydrogen (secondary N) is 3. The smallest absolute Gasteiger partial charge is 0.407 e. The van der Waals surface area contributed by atoms with Gasteiger partial charge in [-0.05, 0) is 60.3 Å². The minimum atomic E-state index is -0.823. The van der Waals surface area contributed by atoms with Gasteiger partial charge in [-0.1, -0.05) is 62.4 Å². The van der Waals surface area contributed by atoms with E-state index >= 15 is 0 Å². The van der Waals surface area contributed by atoms with Crippen molar-refractivity contribution >= 4 is 23.8 Å². The number of rotatable bonds is 13. The zero-order valence-corrected chi connectivity index (χ0v) is 22.6. The molecule has 39 heavy (non-hydrogen) atoms. The lowest BCUT2D eigenvalue weighted by Crippen LogP contribution is -2.53. The molecule has 2 aromatic carbocycles. The maximum atomic E-state index is 13.0. The molecular formula is C30H38N4O5. The quantitative estimate of drug-likeness (QED) is 0.292. The fourth-order valence-electron chi connectivity index (χ4n) is 5.04. The Balaban J connectivity index is 1.27. The van der Waals surface area contributed by atoms with Crippen LogP contribution in [-0.4, -0.2) is 49.1 Å². The molecule has 0 aliphatic heterocycles. The van der Waals surface area contributed by atoms with E-state index < -0.39 is 30.0 Å². The van der Waals surface area contributed by atoms with Crippen molar-refractivity contribution in [1.29, 1.82) is 0 Å². The molecule has 9 heteroatoms. The van der Waals surface area contributed by atoms with Crippen molar-refractivity contribution in [2.75, 3.05) is 13.2 Å². The minimum absolute atomic E-state index is 0.0297. The van der Waals surface area contributed by atoms with Crippen LogP contribution in [-0.2, 0) is 19.1 Å². The summed E-state index contributed by atoms with van der Waals surface area (Å²) >= 11 is 0. The van der Waals surface area contributed by atoms with E-state index in [0.717, 1.165) is 35.1 Å². The highest BCUT2D eigenvalue weighted by molar-refractivity contribution is 5.92. The van der Waals surface area contributed by atoms with Crippen molar-refractivity contribution in [3.05, 3.63) is 59.7 Å². The molecule has 1 fully saturated rings. The molecule has 1 saturated carbocycles. The first-order chi connectivity index (χ1) is 18.7. The summed E-state index contributed by atoms with van der Waals surface area (Å²) in [5.41, 5.74) is 10.1. The van der Waals surface area contributed by atoms with Gasteiger partial charge in [-0.3, -0.25) is 14.4 Å². The molecule has 2 aliphatic carbocycles. The van der Waals surface area contributed by atoms with Crippen LogP contribution < -0.4 is 21.7 Å². The molecule has 0 heterocycles. The van der Waals surface area contributed by atoms with Crippen molar-refractivity contribution in [2.24, 2.45) is 17.6 Å². The summed E-state index contributed by atoms with van der Waals surface area (Å²) in [6, 6.07) is 14.6. The SMILES string of the molecule is CC(C)C[C@H](NC(=O)[C@H](CCCNC(=O)OCC1c2ccccc2-c2ccccc21)NC(=O)C1CC1)C(N)=O. The lowest BCUT2D eigenvalue weighted by atomic mass is 9.98. The number of ether oxygens (including phenoxy) is 1. The first-order valence-electron chi connectivity index (χ1n) is 13.7. The summed E-state index contributed by atoms with van der Waals surface area (Å²) in [6.45, 7) is 4.35. The van der Waals surface area contributed by atoms with E-state index in [9.17, 15) is 19.2 Å². The Morgan fingerprint density at radius 3 is 2.10 bits per heavy atom. The van der Waals surface area contributed by atoms with Crippen LogP contribution in [0.4, 0.5) is 4.79 Å². The number of hydrogen-bond donors (Lipinski definition) is 4. The maximum Gasteiger partial charge on any atom is 0.407 e. The van der Waals surface area contributed by atoms with Gasteiger partial charge in [0.25, 0.3) is 0 Å². The minimum Gasteiger partial charge on any atom is -0.449 e. The van der Waals surface area contributed by atoms with Gasteiger partial charge >= 0.3 is 6.09 Å². The monoisotopic (exact) mass is 534 g/mol. The molecule has 4 amide bonds. The van der Waals surface area contributed by atoms with E-state index in [1.807, 2.05) is 38.1 Å². The molecule has 9 nitrogen and oxygen atoms in total. The lowest BCUT2D eigenvalue weighted by molar-refractivity contribution is -0.132. The number of nitrogens with two attached hydrogens (primary N) is 1. The third kappa shape index (κ3) is 7.37. The first-order valence-corrected chi connectivity index (χ1v) is 13.7. The summed E-state index contributed by atoms with van der Waals surface area (Å²) in [7, 11) is 0. The molecule has 4 rings (SSSR count). The standard InChI is InChI=1S/C30H38N4O5/c1-18(2)16-26(27(31)35)34-29(37)25(33-28(36)19-13-14-19)12-7-15-32-30(38)39-17-24-22-10-5-3-8-20(22)21-9-4-6-11-23(21)24/h3-6,8-11,18-19,24-26H,7,12-17H2,1-2H3,(H2,31,35)(H,32,38)(H,33,36)(H,34,37)/t25-,26-/m0/s1. The molecular weight excluding hydrogens is 496 g/mol. The largest absolute Gasteiger partial charge is 0.449 e. The lowest BCUT2D eigenvalue weighted by Gasteiger charge is -2.23. The Morgan fingerprint density at radius 1 is 0.923 bits per heavy atom. The van der Waals surface area contributed by atoms with Crippen LogP contribution in [0.15, 0.2) is 48.5 Å². The summed E-state index contributed by atoms with van der Waals surface area (Å²) in [6.07, 6.45) is 2.21. The van der Waals surface area contributed by atoms with Gasteiger partial charge in [0.1, 0.15) is 18.7 Å². The van der Waals surface area contributed by atoms with Crippen molar-refractivity contribution in [2.45, 2.75) is 64.0 Å². The van der Waals surface area contributed by atoms with Crippen LogP contribution in [0.5, 0.6) is 0 Å². The van der Waals surface area contributed by atoms with E-state index in [-0.39, 0.29) is 36.8 Å². The molecule has 208 valence electrons. The van der Waals surface area contributed by atoms with Gasteiger partial charge in [-0.25, -0.2) is 4.79 Å². The average molecular weight is 535 g/mol. The van der Waals surface area contributed by atoms with Gasteiger partial charge in [0.2, 0.25) is 17.7 Å². The molecule has 0 spiro atoms. The average Bonchev–Trinajstić information content (AvgIpc) is 3.71. The van der Waals surface area contributed by atoms with E-state index in [0.29, 0.717) is 19.3 Å². The van der Waals surface area contributed by atoms with Gasteiger partial charge in [-0.2, -0.15) is 0 Å². The first kappa shape index (κ1) is 28.1. The molecule has 0 bridgehead atoms. The van der Waals surface area contributed by atoms with Crippen molar-refractivity contribution in [3.8, 4) is 11.1 Å². The predicted molar refractivity (Wildman–Crippen MR) is 148 cm³/mol. The van der Waals surface area contributed by atoms with E-state index in [1.54, 1.807) is 0 Å². The number of carbonyl (C=O) groups is 4. The van der Waals surface area contributed by atoms with Gasteiger partial charge in [-0.15, -0.1) is 0 Å². The van der Waals surface area contributed by atoms with Crippen LogP contribution in [0.1, 0.15) is 63.0 Å². The van der Waals surface area contributed by atoms with Crippen molar-refractivity contribution < 1.29 is 23.9 Å². The van der Waals surface area contributed by atoms with Crippen LogP contribution in [0.2, 0.25) is 0 Å².